The minimum atomic E-state index is 0.330. The van der Waals surface area contributed by atoms with Crippen LogP contribution in [0.1, 0.15) is 60.0 Å². The number of fused-ring (bicyclic) bond motifs is 2. The molecule has 1 saturated heterocycles. The Morgan fingerprint density at radius 3 is 2.86 bits per heavy atom. The third kappa shape index (κ3) is 2.55. The molecule has 1 aromatic rings. The largest absolute Gasteiger partial charge is 0.293 e. The van der Waals surface area contributed by atoms with Crippen LogP contribution in [-0.4, -0.2) is 29.8 Å². The smallest absolute Gasteiger partial charge is 0.176 e. The molecule has 1 heterocycles. The maximum absolute atomic E-state index is 12.6. The Morgan fingerprint density at radius 1 is 1.05 bits per heavy atom. The lowest BCUT2D eigenvalue weighted by atomic mass is 9.85. The predicted molar refractivity (Wildman–Crippen MR) is 84.7 cm³/mol. The van der Waals surface area contributed by atoms with Gasteiger partial charge in [-0.15, -0.1) is 0 Å². The summed E-state index contributed by atoms with van der Waals surface area (Å²) in [6.45, 7) is 1.77. The van der Waals surface area contributed by atoms with E-state index < -0.39 is 0 Å². The van der Waals surface area contributed by atoms with E-state index in [-0.39, 0.29) is 0 Å². The van der Waals surface area contributed by atoms with Gasteiger partial charge in [0, 0.05) is 11.6 Å². The molecule has 2 aliphatic carbocycles. The van der Waals surface area contributed by atoms with Crippen LogP contribution in [0.4, 0.5) is 0 Å². The Balaban J connectivity index is 1.46. The van der Waals surface area contributed by atoms with E-state index in [1.165, 1.54) is 56.1 Å². The zero-order chi connectivity index (χ0) is 14.2. The molecule has 1 saturated carbocycles. The first kappa shape index (κ1) is 13.5. The highest BCUT2D eigenvalue weighted by atomic mass is 16.1. The van der Waals surface area contributed by atoms with E-state index in [0.29, 0.717) is 18.4 Å². The molecular weight excluding hydrogens is 258 g/mol. The molecule has 0 N–H and O–H groups in total. The molecule has 1 aliphatic heterocycles. The standard InChI is InChI=1S/C19H25NO/c21-19(17-9-8-14-5-3-6-16(14)12-17)13-20-11-10-15-4-1-2-7-18(15)20/h8-9,12,15,18H,1-7,10-11,13H2. The lowest BCUT2D eigenvalue weighted by molar-refractivity contribution is 0.0895. The number of hydrogen-bond donors (Lipinski definition) is 0. The van der Waals surface area contributed by atoms with Crippen molar-refractivity contribution in [3.63, 3.8) is 0 Å². The maximum atomic E-state index is 12.6. The van der Waals surface area contributed by atoms with Crippen molar-refractivity contribution in [1.82, 2.24) is 4.90 Å². The first-order chi connectivity index (χ1) is 10.3. The number of benzene rings is 1. The summed E-state index contributed by atoms with van der Waals surface area (Å²) in [5.41, 5.74) is 3.81. The van der Waals surface area contributed by atoms with E-state index in [4.69, 9.17) is 0 Å². The molecule has 0 radical (unpaired) electrons. The van der Waals surface area contributed by atoms with Gasteiger partial charge in [-0.2, -0.15) is 0 Å². The molecule has 2 atom stereocenters. The molecule has 4 rings (SSSR count). The van der Waals surface area contributed by atoms with E-state index >= 15 is 0 Å². The van der Waals surface area contributed by atoms with Gasteiger partial charge >= 0.3 is 0 Å². The fourth-order valence-corrected chi connectivity index (χ4v) is 4.72. The topological polar surface area (TPSA) is 20.3 Å². The predicted octanol–water partition coefficient (Wildman–Crippen LogP) is 3.62. The van der Waals surface area contributed by atoms with Crippen LogP contribution in [0.25, 0.3) is 0 Å². The van der Waals surface area contributed by atoms with Crippen molar-refractivity contribution in [2.24, 2.45) is 5.92 Å². The number of aryl methyl sites for hydroxylation is 2. The molecule has 0 amide bonds. The second kappa shape index (κ2) is 5.57. The number of nitrogens with zero attached hydrogens (tertiary/aromatic N) is 1. The highest BCUT2D eigenvalue weighted by molar-refractivity contribution is 5.98. The van der Waals surface area contributed by atoms with Gasteiger partial charge in [-0.1, -0.05) is 25.0 Å². The third-order valence-electron chi connectivity index (χ3n) is 5.89. The molecule has 1 aromatic carbocycles. The van der Waals surface area contributed by atoms with Crippen LogP contribution in [-0.2, 0) is 12.8 Å². The van der Waals surface area contributed by atoms with E-state index in [0.717, 1.165) is 24.4 Å². The lowest BCUT2D eigenvalue weighted by Gasteiger charge is -2.31. The summed E-state index contributed by atoms with van der Waals surface area (Å²) in [7, 11) is 0. The monoisotopic (exact) mass is 283 g/mol. The molecule has 0 aromatic heterocycles. The fourth-order valence-electron chi connectivity index (χ4n) is 4.72. The van der Waals surface area contributed by atoms with Gasteiger partial charge < -0.3 is 0 Å². The molecule has 2 fully saturated rings. The molecule has 3 aliphatic rings. The second-order valence-electron chi connectivity index (χ2n) is 7.13. The number of carbonyl (C=O) groups is 1. The van der Waals surface area contributed by atoms with Gasteiger partial charge in [0.25, 0.3) is 0 Å². The van der Waals surface area contributed by atoms with E-state index in [1.807, 2.05) is 0 Å². The average molecular weight is 283 g/mol. The number of rotatable bonds is 3. The van der Waals surface area contributed by atoms with Crippen LogP contribution < -0.4 is 0 Å². The Labute approximate surface area is 127 Å². The maximum Gasteiger partial charge on any atom is 0.176 e. The highest BCUT2D eigenvalue weighted by Crippen LogP contribution is 2.36. The van der Waals surface area contributed by atoms with E-state index in [2.05, 4.69) is 23.1 Å². The van der Waals surface area contributed by atoms with Gasteiger partial charge in [-0.05, 0) is 68.2 Å². The SMILES string of the molecule is O=C(CN1CCC2CCCCC21)c1ccc2c(c1)CCC2. The van der Waals surface area contributed by atoms with Crippen LogP contribution in [0.5, 0.6) is 0 Å². The van der Waals surface area contributed by atoms with Crippen LogP contribution in [0.3, 0.4) is 0 Å². The average Bonchev–Trinajstić information content (AvgIpc) is 3.13. The summed E-state index contributed by atoms with van der Waals surface area (Å²) in [4.78, 5) is 15.1. The summed E-state index contributed by atoms with van der Waals surface area (Å²) < 4.78 is 0. The first-order valence-electron chi connectivity index (χ1n) is 8.70. The summed E-state index contributed by atoms with van der Waals surface area (Å²) in [6.07, 6.45) is 10.4. The Bertz CT molecular complexity index is 550. The number of hydrogen-bond acceptors (Lipinski definition) is 2. The van der Waals surface area contributed by atoms with Crippen molar-refractivity contribution in [3.05, 3.63) is 34.9 Å². The molecular formula is C19H25NO. The van der Waals surface area contributed by atoms with Crippen molar-refractivity contribution in [2.45, 2.75) is 57.4 Å². The lowest BCUT2D eigenvalue weighted by Crippen LogP contribution is -2.38. The van der Waals surface area contributed by atoms with Gasteiger partial charge in [0.2, 0.25) is 0 Å². The molecule has 2 heteroatoms. The zero-order valence-electron chi connectivity index (χ0n) is 12.8. The molecule has 112 valence electrons. The number of Topliss-reactive ketones (excluding diaryl/α,β-unsaturated/α-hetero) is 1. The normalized spacial score (nSPS) is 28.4. The first-order valence-corrected chi connectivity index (χ1v) is 8.70. The minimum absolute atomic E-state index is 0.330. The third-order valence-corrected chi connectivity index (χ3v) is 5.89. The molecule has 0 bridgehead atoms. The number of ketones is 1. The summed E-state index contributed by atoms with van der Waals surface area (Å²) in [5.74, 6) is 1.20. The molecule has 2 nitrogen and oxygen atoms in total. The fraction of sp³-hybridized carbons (Fsp3) is 0.632. The summed E-state index contributed by atoms with van der Waals surface area (Å²) in [5, 5.41) is 0. The zero-order valence-corrected chi connectivity index (χ0v) is 12.8. The van der Waals surface area contributed by atoms with Gasteiger partial charge in [-0.25, -0.2) is 0 Å². The molecule has 2 unspecified atom stereocenters. The van der Waals surface area contributed by atoms with Crippen LogP contribution in [0, 0.1) is 5.92 Å². The van der Waals surface area contributed by atoms with Gasteiger partial charge in [0.15, 0.2) is 5.78 Å². The molecule has 21 heavy (non-hydrogen) atoms. The number of likely N-dealkylation sites (tertiary alicyclic amines) is 1. The molecule has 0 spiro atoms. The minimum Gasteiger partial charge on any atom is -0.293 e. The second-order valence-corrected chi connectivity index (χ2v) is 7.13. The van der Waals surface area contributed by atoms with E-state index in [1.54, 1.807) is 0 Å². The van der Waals surface area contributed by atoms with Crippen LogP contribution in [0.2, 0.25) is 0 Å². The van der Waals surface area contributed by atoms with Crippen molar-refractivity contribution < 1.29 is 4.79 Å². The van der Waals surface area contributed by atoms with Crippen LogP contribution >= 0.6 is 0 Å². The summed E-state index contributed by atoms with van der Waals surface area (Å²) >= 11 is 0. The van der Waals surface area contributed by atoms with Crippen molar-refractivity contribution >= 4 is 5.78 Å². The Morgan fingerprint density at radius 2 is 1.90 bits per heavy atom. The van der Waals surface area contributed by atoms with Gasteiger partial charge in [0.1, 0.15) is 0 Å². The van der Waals surface area contributed by atoms with Crippen molar-refractivity contribution in [2.75, 3.05) is 13.1 Å². The Kier molecular flexibility index (Phi) is 3.58. The summed E-state index contributed by atoms with van der Waals surface area (Å²) in [6, 6.07) is 7.10. The van der Waals surface area contributed by atoms with Crippen molar-refractivity contribution in [1.29, 1.82) is 0 Å². The van der Waals surface area contributed by atoms with Gasteiger partial charge in [0.05, 0.1) is 6.54 Å². The van der Waals surface area contributed by atoms with Crippen molar-refractivity contribution in [3.8, 4) is 0 Å². The van der Waals surface area contributed by atoms with Crippen LogP contribution in [0.15, 0.2) is 18.2 Å². The number of carbonyl (C=O) groups excluding carboxylic acids is 1. The Hall–Kier alpha value is -1.15. The quantitative estimate of drug-likeness (QED) is 0.790. The van der Waals surface area contributed by atoms with Gasteiger partial charge in [-0.3, -0.25) is 9.69 Å². The van der Waals surface area contributed by atoms with E-state index in [9.17, 15) is 4.79 Å². The highest BCUT2D eigenvalue weighted by Gasteiger charge is 2.36.